The molecular weight excluding hydrogens is 290 g/mol. The summed E-state index contributed by atoms with van der Waals surface area (Å²) in [5.74, 6) is 0.797. The summed E-state index contributed by atoms with van der Waals surface area (Å²) in [5.41, 5.74) is 0.467. The highest BCUT2D eigenvalue weighted by molar-refractivity contribution is 6.33. The second-order valence-electron chi connectivity index (χ2n) is 5.50. The summed E-state index contributed by atoms with van der Waals surface area (Å²) in [6.07, 6.45) is 3.43. The number of carbonyl (C=O) groups excluding carboxylic acids is 1. The van der Waals surface area contributed by atoms with Gasteiger partial charge in [0.15, 0.2) is 0 Å². The summed E-state index contributed by atoms with van der Waals surface area (Å²) in [7, 11) is 0. The minimum Gasteiger partial charge on any atom is -0.394 e. The normalized spacial score (nSPS) is 21.6. The number of nitrogens with one attached hydrogen (secondary N) is 1. The fourth-order valence-corrected chi connectivity index (χ4v) is 2.87. The molecule has 1 aliphatic heterocycles. The quantitative estimate of drug-likeness (QED) is 0.876. The number of aliphatic hydroxyl groups is 1. The molecule has 0 aromatic carbocycles. The van der Waals surface area contributed by atoms with Crippen molar-refractivity contribution in [1.29, 1.82) is 0 Å². The van der Waals surface area contributed by atoms with Gasteiger partial charge in [-0.25, -0.2) is 4.98 Å². The Morgan fingerprint density at radius 1 is 1.62 bits per heavy atom. The molecule has 6 heteroatoms. The molecule has 2 rings (SSSR count). The number of likely N-dealkylation sites (tertiary alicyclic amines) is 1. The summed E-state index contributed by atoms with van der Waals surface area (Å²) in [6.45, 7) is 5.55. The third kappa shape index (κ3) is 3.47. The van der Waals surface area contributed by atoms with Crippen LogP contribution in [0.1, 0.15) is 37.0 Å². The lowest BCUT2D eigenvalue weighted by Crippen LogP contribution is -2.39. The van der Waals surface area contributed by atoms with Crippen LogP contribution in [-0.2, 0) is 0 Å². The number of hydrogen-bond acceptors (Lipinski definition) is 4. The molecule has 2 atom stereocenters. The Bertz CT molecular complexity index is 510. The molecule has 1 aromatic rings. The molecule has 2 heterocycles. The van der Waals surface area contributed by atoms with Crippen LogP contribution in [0.3, 0.4) is 0 Å². The second kappa shape index (κ2) is 7.09. The lowest BCUT2D eigenvalue weighted by atomic mass is 10.0. The first-order valence-corrected chi connectivity index (χ1v) is 7.77. The second-order valence-corrected chi connectivity index (χ2v) is 5.90. The third-order valence-electron chi connectivity index (χ3n) is 3.96. The van der Waals surface area contributed by atoms with Crippen molar-refractivity contribution in [3.63, 3.8) is 0 Å². The van der Waals surface area contributed by atoms with Gasteiger partial charge in [0.25, 0.3) is 5.91 Å². The molecule has 21 heavy (non-hydrogen) atoms. The van der Waals surface area contributed by atoms with Crippen LogP contribution in [0.15, 0.2) is 12.3 Å². The van der Waals surface area contributed by atoms with E-state index in [1.807, 2.05) is 0 Å². The number of anilines is 1. The highest BCUT2D eigenvalue weighted by Crippen LogP contribution is 2.27. The Labute approximate surface area is 130 Å². The van der Waals surface area contributed by atoms with Crippen LogP contribution >= 0.6 is 11.6 Å². The molecule has 1 fully saturated rings. The first-order valence-electron chi connectivity index (χ1n) is 7.39. The highest BCUT2D eigenvalue weighted by Gasteiger charge is 2.34. The molecule has 1 aliphatic rings. The molecule has 116 valence electrons. The van der Waals surface area contributed by atoms with Crippen molar-refractivity contribution in [2.24, 2.45) is 5.92 Å². The molecule has 0 radical (unpaired) electrons. The lowest BCUT2D eigenvalue weighted by molar-refractivity contribution is 0.0648. The van der Waals surface area contributed by atoms with Crippen LogP contribution in [0.2, 0.25) is 5.02 Å². The molecule has 0 aliphatic carbocycles. The maximum atomic E-state index is 12.5. The number of rotatable bonds is 5. The first-order chi connectivity index (χ1) is 10.1. The molecular formula is C15H22ClN3O2. The van der Waals surface area contributed by atoms with Crippen LogP contribution in [-0.4, -0.2) is 46.6 Å². The van der Waals surface area contributed by atoms with Gasteiger partial charge in [-0.1, -0.05) is 25.4 Å². The minimum absolute atomic E-state index is 0.00972. The summed E-state index contributed by atoms with van der Waals surface area (Å²) >= 11 is 6.17. The Hall–Kier alpha value is -1.33. The van der Waals surface area contributed by atoms with Crippen LogP contribution < -0.4 is 5.32 Å². The number of halogens is 1. The van der Waals surface area contributed by atoms with E-state index in [9.17, 15) is 9.90 Å². The molecule has 1 aromatic heterocycles. The molecule has 2 unspecified atom stereocenters. The molecule has 0 bridgehead atoms. The predicted octanol–water partition coefficient (Wildman–Crippen LogP) is 2.40. The third-order valence-corrected chi connectivity index (χ3v) is 4.25. The monoisotopic (exact) mass is 311 g/mol. The van der Waals surface area contributed by atoms with Gasteiger partial charge in [-0.3, -0.25) is 4.79 Å². The summed E-state index contributed by atoms with van der Waals surface area (Å²) in [5, 5.41) is 13.0. The van der Waals surface area contributed by atoms with E-state index in [1.165, 1.54) is 0 Å². The van der Waals surface area contributed by atoms with E-state index >= 15 is 0 Å². The van der Waals surface area contributed by atoms with E-state index < -0.39 is 0 Å². The Balaban J connectivity index is 2.14. The van der Waals surface area contributed by atoms with Crippen molar-refractivity contribution in [2.45, 2.75) is 32.7 Å². The minimum atomic E-state index is -0.117. The number of nitrogens with zero attached hydrogens (tertiary/aromatic N) is 2. The van der Waals surface area contributed by atoms with Crippen LogP contribution in [0.4, 0.5) is 5.82 Å². The van der Waals surface area contributed by atoms with Gasteiger partial charge in [0.2, 0.25) is 0 Å². The van der Waals surface area contributed by atoms with E-state index in [0.29, 0.717) is 28.9 Å². The standard InChI is InChI=1S/C15H22ClN3O2/c1-3-5-17-14-12(16)7-11(8-18-14)15(21)19-6-4-10(2)13(19)9-20/h7-8,10,13,20H,3-6,9H2,1-2H3,(H,17,18). The fourth-order valence-electron chi connectivity index (χ4n) is 2.63. The van der Waals surface area contributed by atoms with Gasteiger partial charge in [-0.05, 0) is 24.8 Å². The van der Waals surface area contributed by atoms with Gasteiger partial charge in [0, 0.05) is 19.3 Å². The van der Waals surface area contributed by atoms with Gasteiger partial charge in [0.1, 0.15) is 5.82 Å². The zero-order chi connectivity index (χ0) is 15.4. The number of pyridine rings is 1. The van der Waals surface area contributed by atoms with Gasteiger partial charge in [-0.2, -0.15) is 0 Å². The van der Waals surface area contributed by atoms with Crippen LogP contribution in [0.5, 0.6) is 0 Å². The largest absolute Gasteiger partial charge is 0.394 e. The van der Waals surface area contributed by atoms with Crippen molar-refractivity contribution < 1.29 is 9.90 Å². The summed E-state index contributed by atoms with van der Waals surface area (Å²) < 4.78 is 0. The van der Waals surface area contributed by atoms with Crippen LogP contribution in [0, 0.1) is 5.92 Å². The van der Waals surface area contributed by atoms with Crippen molar-refractivity contribution in [3.8, 4) is 0 Å². The van der Waals surface area contributed by atoms with E-state index in [2.05, 4.69) is 24.1 Å². The maximum Gasteiger partial charge on any atom is 0.255 e. The van der Waals surface area contributed by atoms with E-state index in [4.69, 9.17) is 11.6 Å². The van der Waals surface area contributed by atoms with E-state index in [0.717, 1.165) is 19.4 Å². The molecule has 0 saturated carbocycles. The average molecular weight is 312 g/mol. The topological polar surface area (TPSA) is 65.5 Å². The Morgan fingerprint density at radius 3 is 3.00 bits per heavy atom. The van der Waals surface area contributed by atoms with Crippen molar-refractivity contribution >= 4 is 23.3 Å². The molecule has 2 N–H and O–H groups in total. The number of aromatic nitrogens is 1. The smallest absolute Gasteiger partial charge is 0.255 e. The number of aliphatic hydroxyl groups excluding tert-OH is 1. The Kier molecular flexibility index (Phi) is 5.42. The van der Waals surface area contributed by atoms with E-state index in [-0.39, 0.29) is 18.6 Å². The first kappa shape index (κ1) is 16.0. The molecule has 5 nitrogen and oxygen atoms in total. The van der Waals surface area contributed by atoms with Crippen molar-refractivity contribution in [1.82, 2.24) is 9.88 Å². The summed E-state index contributed by atoms with van der Waals surface area (Å²) in [6, 6.07) is 1.53. The van der Waals surface area contributed by atoms with Crippen molar-refractivity contribution in [3.05, 3.63) is 22.8 Å². The van der Waals surface area contributed by atoms with E-state index in [1.54, 1.807) is 17.2 Å². The summed E-state index contributed by atoms with van der Waals surface area (Å²) in [4.78, 5) is 18.5. The zero-order valence-electron chi connectivity index (χ0n) is 12.5. The maximum absolute atomic E-state index is 12.5. The lowest BCUT2D eigenvalue weighted by Gasteiger charge is -2.25. The average Bonchev–Trinajstić information content (AvgIpc) is 2.86. The zero-order valence-corrected chi connectivity index (χ0v) is 13.2. The highest BCUT2D eigenvalue weighted by atomic mass is 35.5. The van der Waals surface area contributed by atoms with Gasteiger partial charge < -0.3 is 15.3 Å². The van der Waals surface area contributed by atoms with Gasteiger partial charge >= 0.3 is 0 Å². The van der Waals surface area contributed by atoms with Crippen molar-refractivity contribution in [2.75, 3.05) is 25.0 Å². The number of hydrogen-bond donors (Lipinski definition) is 2. The SMILES string of the molecule is CCCNc1ncc(C(=O)N2CCC(C)C2CO)cc1Cl. The fraction of sp³-hybridized carbons (Fsp3) is 0.600. The molecule has 1 amide bonds. The van der Waals surface area contributed by atoms with Gasteiger partial charge in [-0.15, -0.1) is 0 Å². The molecule has 0 spiro atoms. The predicted molar refractivity (Wildman–Crippen MR) is 83.7 cm³/mol. The van der Waals surface area contributed by atoms with Gasteiger partial charge in [0.05, 0.1) is 23.2 Å². The van der Waals surface area contributed by atoms with Crippen LogP contribution in [0.25, 0.3) is 0 Å². The number of amides is 1. The molecule has 1 saturated heterocycles. The Morgan fingerprint density at radius 2 is 2.38 bits per heavy atom. The number of carbonyl (C=O) groups is 1.